The zero-order chi connectivity index (χ0) is 103. The normalized spacial score (nSPS) is 17.6. The molecule has 8 heterocycles. The Morgan fingerprint density at radius 2 is 0.695 bits per heavy atom. The van der Waals surface area contributed by atoms with E-state index in [4.69, 9.17) is 159 Å². The third-order valence-corrected chi connectivity index (χ3v) is 30.7. The minimum absolute atomic E-state index is 0. The number of sulfonamides is 1. The highest BCUT2D eigenvalue weighted by atomic mass is 35.7. The average Bonchev–Trinajstić information content (AvgIpc) is 1.56. The molecule has 12 aromatic rings. The van der Waals surface area contributed by atoms with Gasteiger partial charge in [0.15, 0.2) is 0 Å². The number of sulfone groups is 1. The van der Waals surface area contributed by atoms with E-state index >= 15 is 0 Å². The summed E-state index contributed by atoms with van der Waals surface area (Å²) < 4.78 is 118. The monoisotopic (exact) mass is 2220 g/mol. The Balaban J connectivity index is 0.000000184. The lowest BCUT2D eigenvalue weighted by molar-refractivity contribution is -0.419. The quantitative estimate of drug-likeness (QED) is 0.0186. The summed E-state index contributed by atoms with van der Waals surface area (Å²) in [5.74, 6) is 5.16. The fourth-order valence-electron chi connectivity index (χ4n) is 16.4. The molecule has 4 aliphatic carbocycles. The minimum atomic E-state index is -3.63. The van der Waals surface area contributed by atoms with Gasteiger partial charge >= 0.3 is 0 Å². The molecule has 4 aromatic carbocycles. The summed E-state index contributed by atoms with van der Waals surface area (Å²) in [6, 6.07) is 13.6. The molecule has 4 aliphatic rings. The molecule has 36 nitrogen and oxygen atoms in total. The van der Waals surface area contributed by atoms with Crippen LogP contribution in [0.2, 0.25) is 40.2 Å². The number of aromatic nitrogens is 12. The number of aryl methyl sites for hydroxylation is 4. The van der Waals surface area contributed by atoms with Crippen molar-refractivity contribution in [1.82, 2.24) is 62.9 Å². The molecule has 4 saturated carbocycles. The van der Waals surface area contributed by atoms with Gasteiger partial charge in [0.2, 0.25) is 51.9 Å². The molecule has 0 unspecified atom stereocenters. The Kier molecular flexibility index (Phi) is 39.4. The van der Waals surface area contributed by atoms with E-state index in [0.29, 0.717) is 138 Å². The first-order valence-corrected chi connectivity index (χ1v) is 52.8. The fourth-order valence-corrected chi connectivity index (χ4v) is 21.8. The Bertz CT molecular complexity index is 7040. The van der Waals surface area contributed by atoms with Gasteiger partial charge in [-0.1, -0.05) is 126 Å². The first kappa shape index (κ1) is 113. The van der Waals surface area contributed by atoms with Gasteiger partial charge in [-0.3, -0.25) is 37.4 Å². The summed E-state index contributed by atoms with van der Waals surface area (Å²) in [5, 5.41) is 14.4. The predicted octanol–water partition coefficient (Wildman–Crippen LogP) is 13.2. The fraction of sp³-hybridized carbons (Fsp3) is 0.407. The molecule has 0 saturated heterocycles. The molecule has 50 heteroatoms. The summed E-state index contributed by atoms with van der Waals surface area (Å²) in [4.78, 5) is 87.8. The average molecular weight is 2230 g/mol. The molecular weight excluding hydrogens is 2120 g/mol. The third kappa shape index (κ3) is 25.9. The first-order valence-electron chi connectivity index (χ1n) is 43.4. The molecule has 0 amide bonds. The molecular formula is C91H105Cl11N18O18S3. The van der Waals surface area contributed by atoms with Crippen molar-refractivity contribution >= 4 is 206 Å². The number of halogens is 11. The predicted molar refractivity (Wildman–Crippen MR) is 553 cm³/mol. The Labute approximate surface area is 869 Å². The molecule has 0 aliphatic heterocycles. The highest BCUT2D eigenvalue weighted by molar-refractivity contribution is 8.13. The van der Waals surface area contributed by atoms with Crippen molar-refractivity contribution in [3.05, 3.63) is 167 Å². The van der Waals surface area contributed by atoms with Crippen LogP contribution in [0, 0.1) is 11.8 Å². The van der Waals surface area contributed by atoms with Crippen LogP contribution in [0.5, 0.6) is 46.0 Å². The number of hydrogen-bond donors (Lipinski definition) is 6. The van der Waals surface area contributed by atoms with Gasteiger partial charge in [0.05, 0.1) is 131 Å². The Morgan fingerprint density at radius 1 is 0.418 bits per heavy atom. The summed E-state index contributed by atoms with van der Waals surface area (Å²) in [5.41, 5.74) is 12.2. The van der Waals surface area contributed by atoms with Gasteiger partial charge in [-0.05, 0) is 93.9 Å². The molecule has 9 N–H and O–H groups in total. The smallest absolute Gasteiger partial charge is 0.259 e. The molecule has 0 radical (unpaired) electrons. The topological polar surface area (TPSA) is 469 Å². The molecule has 16 rings (SSSR count). The molecule has 762 valence electrons. The van der Waals surface area contributed by atoms with E-state index in [1.165, 1.54) is 133 Å². The number of nitrogens with zero attached hydrogens (tertiary/aromatic N) is 12. The van der Waals surface area contributed by atoms with E-state index < -0.39 is 34.5 Å². The van der Waals surface area contributed by atoms with Crippen LogP contribution in [0.4, 0.5) is 17.8 Å². The summed E-state index contributed by atoms with van der Waals surface area (Å²) >= 11 is 57.0. The number of nitrogens with one attached hydrogen (secondary N) is 4. The van der Waals surface area contributed by atoms with Crippen molar-refractivity contribution < 1.29 is 81.3 Å². The van der Waals surface area contributed by atoms with Crippen molar-refractivity contribution in [3.8, 4) is 90.5 Å². The van der Waals surface area contributed by atoms with Gasteiger partial charge in [0, 0.05) is 180 Å². The van der Waals surface area contributed by atoms with E-state index in [9.17, 15) is 44.4 Å². The van der Waals surface area contributed by atoms with Crippen molar-refractivity contribution in [3.63, 3.8) is 0 Å². The molecule has 8 atom stereocenters. The molecule has 4 fully saturated rings. The number of pyridine rings is 4. The van der Waals surface area contributed by atoms with Crippen molar-refractivity contribution in [2.24, 2.45) is 45.8 Å². The van der Waals surface area contributed by atoms with Crippen LogP contribution in [0.3, 0.4) is 0 Å². The van der Waals surface area contributed by atoms with E-state index in [0.717, 1.165) is 56.1 Å². The van der Waals surface area contributed by atoms with E-state index in [1.807, 2.05) is 0 Å². The summed E-state index contributed by atoms with van der Waals surface area (Å²) in [6.45, 7) is 7.80. The van der Waals surface area contributed by atoms with Gasteiger partial charge in [-0.15, -0.1) is 11.6 Å². The number of hydrogen-bond acceptors (Lipinski definition) is 30. The van der Waals surface area contributed by atoms with Gasteiger partial charge < -0.3 is 77.7 Å². The zero-order valence-electron chi connectivity index (χ0n) is 79.1. The highest BCUT2D eigenvalue weighted by Crippen LogP contribution is 2.50. The summed E-state index contributed by atoms with van der Waals surface area (Å²) in [6.07, 6.45) is 20.2. The van der Waals surface area contributed by atoms with Gasteiger partial charge in [-0.2, -0.15) is 19.9 Å². The van der Waals surface area contributed by atoms with Crippen LogP contribution >= 0.6 is 115 Å². The Hall–Kier alpha value is -9.50. The number of fused-ring (bicyclic) bond motifs is 4. The SMILES string of the molecule is C=CS(=O)(=O)N[C@H]1CCC[C@H]1Nc1ncc2cc(-c3c(Cl)c(OC)cc(OC)c3Cl)c(=O)n(C)c2n1.COc1cc(OC)c(Cl)c(-c2cc3cnc(N[C@@H]4CCC[C@@H]4C)nc3n(C)c2=O)c1Cl.COc1cc(OC)c(Cl)c(-c2cc3cnc(N[C@@H]4CCC[C@@H]4[NH3+])nc3n(C)c2=O)c1Cl.COc1cc(OC)c(Cl)c(-c2cc3cnc(S(C)(=O)=O)nc3n(C)c2=O)c1Cl.C[C@H]1CCC[C@H]1N.O=S(=O)(Cl)CCCl.[Cl-]. The number of methoxy groups -OCH3 is 8. The van der Waals surface area contributed by atoms with Gasteiger partial charge in [0.25, 0.3) is 22.2 Å². The molecule has 0 spiro atoms. The van der Waals surface area contributed by atoms with Crippen LogP contribution in [-0.4, -0.2) is 194 Å². The zero-order valence-corrected chi connectivity index (χ0v) is 89.9. The number of quaternary nitrogens is 1. The van der Waals surface area contributed by atoms with Crippen LogP contribution in [0.1, 0.15) is 90.9 Å². The van der Waals surface area contributed by atoms with Crippen molar-refractivity contribution in [1.29, 1.82) is 0 Å². The lowest BCUT2D eigenvalue weighted by Crippen LogP contribution is -3.00. The van der Waals surface area contributed by atoms with E-state index in [1.54, 1.807) is 76.1 Å². The van der Waals surface area contributed by atoms with Crippen LogP contribution in [-0.2, 0) is 57.1 Å². The number of anilines is 3. The standard InChI is InChI=1S/C23H25Cl2N5O5S.C22H24Cl2N4O3.C21H23Cl2N5O3.C17H15Cl2N3O5S.C6H13N.C2H4Cl2O2S.ClH/c1-5-36(32,33)29-15-8-6-7-14(15)27-23-26-11-12-9-13(22(31)30(2)21(12)28-23)18-19(24)16(34-3)10-17(35-4)20(18)25;1-11-6-5-7-14(11)26-22-25-10-12-8-13(21(29)28(2)20(12)27-22)17-18(23)15(30-3)9-16(31-4)19(17)24;1-28-19-10(9-25-21(27-19)26-13-6-4-5-12(13)24)7-11(20(28)29)16-17(22)14(30-2)8-15(31-3)18(16)23;1-22-15-8(7-20-17(21-15)28(4,24)25)5-9(16(22)23)12-13(18)10(26-2)6-11(27-3)14(12)19;1-5-3-2-4-6(5)7;3-1-2-7(4,5)6;/h5,9-11,14-15,29H,1,6-8H2,2-4H3,(H,26,27,28);8-11,14H,5-7H2,1-4H3,(H,25,26,27);7-9,12-13H,4-6,24H2,1-3H3,(H,25,26,27);5-7H,1-4H3;5-6H,2-4,7H2,1H3;1-2H2;1H/t14-,15+;11-,14+;12-,13+;;5-,6+;;/m100.0../s1. The van der Waals surface area contributed by atoms with Gasteiger partial charge in [-0.25, -0.2) is 49.9 Å². The maximum absolute atomic E-state index is 13.4. The third-order valence-electron chi connectivity index (χ3n) is 24.2. The molecule has 0 bridgehead atoms. The second-order valence-corrected chi connectivity index (χ2v) is 43.0. The minimum Gasteiger partial charge on any atom is -1.00 e. The summed E-state index contributed by atoms with van der Waals surface area (Å²) in [7, 11) is 12.3. The second-order valence-electron chi connectivity index (χ2n) is 33.2. The largest absolute Gasteiger partial charge is 1.00 e. The Morgan fingerprint density at radius 3 is 0.950 bits per heavy atom. The van der Waals surface area contributed by atoms with E-state index in [2.05, 4.69) is 86.7 Å². The molecule has 8 aromatic heterocycles. The lowest BCUT2D eigenvalue weighted by atomic mass is 10.0. The van der Waals surface area contributed by atoms with Gasteiger partial charge in [0.1, 0.15) is 74.6 Å². The number of alkyl halides is 1. The van der Waals surface area contributed by atoms with Crippen molar-refractivity contribution in [2.45, 2.75) is 132 Å². The first-order chi connectivity index (χ1) is 66.3. The second kappa shape index (κ2) is 48.9. The van der Waals surface area contributed by atoms with Crippen LogP contribution in [0.25, 0.3) is 88.6 Å². The number of nitrogens with two attached hydrogens (primary N) is 1. The maximum Gasteiger partial charge on any atom is 0.259 e. The maximum atomic E-state index is 13.4. The lowest BCUT2D eigenvalue weighted by Gasteiger charge is -2.21. The van der Waals surface area contributed by atoms with Crippen molar-refractivity contribution in [2.75, 3.05) is 90.7 Å². The molecule has 141 heavy (non-hydrogen) atoms. The number of rotatable bonds is 24. The number of benzene rings is 4. The number of ether oxygens (including phenoxy) is 8. The highest BCUT2D eigenvalue weighted by Gasteiger charge is 2.35. The van der Waals surface area contributed by atoms with Crippen LogP contribution < -0.4 is 105 Å². The van der Waals surface area contributed by atoms with Crippen LogP contribution in [0.15, 0.2) is 110 Å². The van der Waals surface area contributed by atoms with E-state index in [-0.39, 0.29) is 150 Å².